The second-order valence-corrected chi connectivity index (χ2v) is 6.52. The second kappa shape index (κ2) is 8.74. The Labute approximate surface area is 172 Å². The van der Waals surface area contributed by atoms with E-state index in [2.05, 4.69) is 25.4 Å². The minimum Gasteiger partial charge on any atom is -0.493 e. The molecule has 0 unspecified atom stereocenters. The van der Waals surface area contributed by atoms with Gasteiger partial charge in [0.05, 0.1) is 24.9 Å². The fourth-order valence-electron chi connectivity index (χ4n) is 2.85. The number of alkyl halides is 1. The Morgan fingerprint density at radius 3 is 2.66 bits per heavy atom. The SMILES string of the molecule is COc1cc2c(Nc3ccc(-n4cncn4)cc3)ncnc2cc1OCCCCl. The van der Waals surface area contributed by atoms with Gasteiger partial charge in [0.1, 0.15) is 24.8 Å². The van der Waals surface area contributed by atoms with Crippen molar-refractivity contribution in [2.75, 3.05) is 24.9 Å². The molecular formula is C20H19ClN6O2. The number of anilines is 2. The molecular weight excluding hydrogens is 392 g/mol. The van der Waals surface area contributed by atoms with E-state index in [4.69, 9.17) is 21.1 Å². The molecule has 0 fully saturated rings. The van der Waals surface area contributed by atoms with E-state index >= 15 is 0 Å². The summed E-state index contributed by atoms with van der Waals surface area (Å²) in [6, 6.07) is 11.5. The zero-order chi connectivity index (χ0) is 20.1. The van der Waals surface area contributed by atoms with Gasteiger partial charge in [0, 0.05) is 23.0 Å². The van der Waals surface area contributed by atoms with Crippen molar-refractivity contribution in [1.29, 1.82) is 0 Å². The first-order valence-corrected chi connectivity index (χ1v) is 9.55. The molecule has 29 heavy (non-hydrogen) atoms. The molecule has 2 aromatic heterocycles. The minimum atomic E-state index is 0.514. The van der Waals surface area contributed by atoms with Gasteiger partial charge in [0.25, 0.3) is 0 Å². The molecule has 0 aliphatic rings. The van der Waals surface area contributed by atoms with Gasteiger partial charge in [-0.15, -0.1) is 11.6 Å². The van der Waals surface area contributed by atoms with Crippen LogP contribution < -0.4 is 14.8 Å². The highest BCUT2D eigenvalue weighted by atomic mass is 35.5. The Hall–Kier alpha value is -3.39. The van der Waals surface area contributed by atoms with E-state index in [0.29, 0.717) is 29.8 Å². The number of nitrogens with one attached hydrogen (secondary N) is 1. The summed E-state index contributed by atoms with van der Waals surface area (Å²) in [6.45, 7) is 0.514. The molecule has 9 heteroatoms. The molecule has 0 amide bonds. The number of nitrogens with zero attached hydrogens (tertiary/aromatic N) is 5. The fourth-order valence-corrected chi connectivity index (χ4v) is 2.96. The summed E-state index contributed by atoms with van der Waals surface area (Å²) in [5.41, 5.74) is 2.56. The van der Waals surface area contributed by atoms with E-state index in [1.54, 1.807) is 18.1 Å². The maximum Gasteiger partial charge on any atom is 0.163 e. The second-order valence-electron chi connectivity index (χ2n) is 6.15. The van der Waals surface area contributed by atoms with Gasteiger partial charge in [-0.1, -0.05) is 0 Å². The summed E-state index contributed by atoms with van der Waals surface area (Å²) in [7, 11) is 1.61. The van der Waals surface area contributed by atoms with Crippen LogP contribution in [0.4, 0.5) is 11.5 Å². The molecule has 0 spiro atoms. The first-order chi connectivity index (χ1) is 14.3. The van der Waals surface area contributed by atoms with Crippen molar-refractivity contribution in [2.45, 2.75) is 6.42 Å². The van der Waals surface area contributed by atoms with E-state index in [1.165, 1.54) is 12.7 Å². The van der Waals surface area contributed by atoms with Crippen LogP contribution in [0.2, 0.25) is 0 Å². The molecule has 8 nitrogen and oxygen atoms in total. The highest BCUT2D eigenvalue weighted by Crippen LogP contribution is 2.34. The lowest BCUT2D eigenvalue weighted by Crippen LogP contribution is -2.01. The minimum absolute atomic E-state index is 0.514. The Morgan fingerprint density at radius 1 is 1.07 bits per heavy atom. The van der Waals surface area contributed by atoms with Crippen molar-refractivity contribution in [3.8, 4) is 17.2 Å². The molecule has 2 aromatic carbocycles. The van der Waals surface area contributed by atoms with Gasteiger partial charge in [-0.3, -0.25) is 0 Å². The maximum absolute atomic E-state index is 5.78. The van der Waals surface area contributed by atoms with Crippen molar-refractivity contribution < 1.29 is 9.47 Å². The van der Waals surface area contributed by atoms with Crippen molar-refractivity contribution >= 4 is 34.0 Å². The summed E-state index contributed by atoms with van der Waals surface area (Å²) in [5, 5.41) is 8.29. The highest BCUT2D eigenvalue weighted by molar-refractivity contribution is 6.17. The van der Waals surface area contributed by atoms with Crippen LogP contribution in [-0.2, 0) is 0 Å². The van der Waals surface area contributed by atoms with Crippen LogP contribution in [-0.4, -0.2) is 44.3 Å². The number of ether oxygens (including phenoxy) is 2. The number of benzene rings is 2. The van der Waals surface area contributed by atoms with E-state index in [0.717, 1.165) is 28.7 Å². The monoisotopic (exact) mass is 410 g/mol. The average Bonchev–Trinajstić information content (AvgIpc) is 3.29. The lowest BCUT2D eigenvalue weighted by Gasteiger charge is -2.13. The third-order valence-corrected chi connectivity index (χ3v) is 4.54. The standard InChI is InChI=1S/C20H19ClN6O2/c1-28-18-9-16-17(10-19(18)29-8-2-7-21)23-12-24-20(16)26-14-3-5-15(6-4-14)27-13-22-11-25-27/h3-6,9-13H,2,7-8H2,1H3,(H,23,24,26). The Bertz CT molecular complexity index is 1090. The fraction of sp³-hybridized carbons (Fsp3) is 0.200. The van der Waals surface area contributed by atoms with E-state index in [9.17, 15) is 0 Å². The van der Waals surface area contributed by atoms with Crippen LogP contribution >= 0.6 is 11.6 Å². The zero-order valence-electron chi connectivity index (χ0n) is 15.7. The molecule has 148 valence electrons. The lowest BCUT2D eigenvalue weighted by molar-refractivity contribution is 0.295. The van der Waals surface area contributed by atoms with Crippen LogP contribution in [0.5, 0.6) is 11.5 Å². The summed E-state index contributed by atoms with van der Waals surface area (Å²) in [5.74, 6) is 2.47. The van der Waals surface area contributed by atoms with Crippen molar-refractivity contribution in [2.24, 2.45) is 0 Å². The summed E-state index contributed by atoms with van der Waals surface area (Å²) in [4.78, 5) is 12.7. The van der Waals surface area contributed by atoms with E-state index in [1.807, 2.05) is 36.4 Å². The highest BCUT2D eigenvalue weighted by Gasteiger charge is 2.12. The molecule has 0 aliphatic carbocycles. The normalized spacial score (nSPS) is 10.8. The Balaban J connectivity index is 1.61. The number of hydrogen-bond acceptors (Lipinski definition) is 7. The van der Waals surface area contributed by atoms with Crippen molar-refractivity contribution in [3.05, 3.63) is 55.4 Å². The molecule has 2 heterocycles. The van der Waals surface area contributed by atoms with Gasteiger partial charge in [-0.05, 0) is 36.8 Å². The molecule has 0 saturated heterocycles. The smallest absolute Gasteiger partial charge is 0.163 e. The van der Waals surface area contributed by atoms with E-state index in [-0.39, 0.29) is 0 Å². The molecule has 0 aliphatic heterocycles. The predicted molar refractivity (Wildman–Crippen MR) is 112 cm³/mol. The third-order valence-electron chi connectivity index (χ3n) is 4.27. The van der Waals surface area contributed by atoms with Crippen molar-refractivity contribution in [1.82, 2.24) is 24.7 Å². The first-order valence-electron chi connectivity index (χ1n) is 9.02. The largest absolute Gasteiger partial charge is 0.493 e. The zero-order valence-corrected chi connectivity index (χ0v) is 16.5. The molecule has 1 N–H and O–H groups in total. The molecule has 4 rings (SSSR count). The number of rotatable bonds is 8. The summed E-state index contributed by atoms with van der Waals surface area (Å²) in [6.07, 6.45) is 5.42. The third kappa shape index (κ3) is 4.22. The summed E-state index contributed by atoms with van der Waals surface area (Å²) < 4.78 is 13.0. The van der Waals surface area contributed by atoms with Gasteiger partial charge in [0.15, 0.2) is 11.5 Å². The van der Waals surface area contributed by atoms with Gasteiger partial charge in [-0.2, -0.15) is 5.10 Å². The van der Waals surface area contributed by atoms with Crippen LogP contribution in [0, 0.1) is 0 Å². The lowest BCUT2D eigenvalue weighted by atomic mass is 10.2. The van der Waals surface area contributed by atoms with Crippen LogP contribution in [0.3, 0.4) is 0 Å². The molecule has 0 atom stereocenters. The Morgan fingerprint density at radius 2 is 1.93 bits per heavy atom. The van der Waals surface area contributed by atoms with Gasteiger partial charge < -0.3 is 14.8 Å². The summed E-state index contributed by atoms with van der Waals surface area (Å²) >= 11 is 5.72. The number of halogens is 1. The number of aromatic nitrogens is 5. The number of methoxy groups -OCH3 is 1. The maximum atomic E-state index is 5.78. The van der Waals surface area contributed by atoms with Crippen molar-refractivity contribution in [3.63, 3.8) is 0 Å². The molecule has 0 radical (unpaired) electrons. The molecule has 0 bridgehead atoms. The molecule has 0 saturated carbocycles. The Kier molecular flexibility index (Phi) is 5.71. The quantitative estimate of drug-likeness (QED) is 0.347. The van der Waals surface area contributed by atoms with Gasteiger partial charge >= 0.3 is 0 Å². The van der Waals surface area contributed by atoms with E-state index < -0.39 is 0 Å². The topological polar surface area (TPSA) is 87.0 Å². The van der Waals surface area contributed by atoms with Crippen LogP contribution in [0.15, 0.2) is 55.4 Å². The average molecular weight is 411 g/mol. The van der Waals surface area contributed by atoms with Crippen LogP contribution in [0.1, 0.15) is 6.42 Å². The first kappa shape index (κ1) is 18.9. The number of fused-ring (bicyclic) bond motifs is 1. The van der Waals surface area contributed by atoms with Gasteiger partial charge in [0.2, 0.25) is 0 Å². The molecule has 4 aromatic rings. The number of hydrogen-bond donors (Lipinski definition) is 1. The van der Waals surface area contributed by atoms with Gasteiger partial charge in [-0.25, -0.2) is 19.6 Å². The predicted octanol–water partition coefficient (Wildman–Crippen LogP) is 3.97. The van der Waals surface area contributed by atoms with Crippen LogP contribution in [0.25, 0.3) is 16.6 Å².